The zero-order valence-electron chi connectivity index (χ0n) is 8.65. The minimum absolute atomic E-state index is 0.488. The summed E-state index contributed by atoms with van der Waals surface area (Å²) in [6, 6.07) is 0. The van der Waals surface area contributed by atoms with Crippen LogP contribution in [0.5, 0.6) is 0 Å². The van der Waals surface area contributed by atoms with Crippen LogP contribution in [0.3, 0.4) is 0 Å². The van der Waals surface area contributed by atoms with Crippen molar-refractivity contribution in [3.8, 4) is 24.7 Å². The lowest BCUT2D eigenvalue weighted by molar-refractivity contribution is -0.156. The van der Waals surface area contributed by atoms with Crippen molar-refractivity contribution in [3.63, 3.8) is 0 Å². The fourth-order valence-electron chi connectivity index (χ4n) is 0.664. The zero-order valence-corrected chi connectivity index (χ0v) is 8.65. The second kappa shape index (κ2) is 6.50. The molecule has 0 aromatic heterocycles. The Morgan fingerprint density at radius 3 is 1.67 bits per heavy atom. The van der Waals surface area contributed by atoms with E-state index in [1.807, 2.05) is 0 Å². The van der Waals surface area contributed by atoms with E-state index < -0.39 is 30.6 Å². The molecule has 0 amide bonds. The Morgan fingerprint density at radius 1 is 1.07 bits per heavy atom. The van der Waals surface area contributed by atoms with E-state index in [1.165, 1.54) is 13.8 Å². The van der Waals surface area contributed by atoms with Gasteiger partial charge in [-0.2, -0.15) is 0 Å². The molecule has 0 bridgehead atoms. The molecule has 0 spiro atoms. The molecule has 0 aromatic carbocycles. The van der Waals surface area contributed by atoms with E-state index >= 15 is 0 Å². The van der Waals surface area contributed by atoms with Gasteiger partial charge in [-0.25, -0.2) is 0 Å². The highest BCUT2D eigenvalue weighted by Gasteiger charge is 2.15. The van der Waals surface area contributed by atoms with Crippen LogP contribution < -0.4 is 0 Å². The summed E-state index contributed by atoms with van der Waals surface area (Å²) in [5, 5.41) is 0. The fraction of sp³-hybridized carbons (Fsp3) is 0.455. The highest BCUT2D eigenvalue weighted by Crippen LogP contribution is 1.98. The van der Waals surface area contributed by atoms with Crippen LogP contribution in [0.2, 0.25) is 0 Å². The number of esters is 2. The molecule has 0 radical (unpaired) electrons. The van der Waals surface area contributed by atoms with Gasteiger partial charge >= 0.3 is 11.9 Å². The summed E-state index contributed by atoms with van der Waals surface area (Å²) in [5.74, 6) is 2.93. The average molecular weight is 208 g/mol. The number of terminal acetylenes is 2. The predicted octanol–water partition coefficient (Wildman–Crippen LogP) is 0.506. The molecule has 0 rings (SSSR count). The first kappa shape index (κ1) is 13.1. The smallest absolute Gasteiger partial charge is 0.318 e. The molecule has 0 aliphatic rings. The van der Waals surface area contributed by atoms with Gasteiger partial charge in [-0.05, 0) is 13.8 Å². The van der Waals surface area contributed by atoms with Crippen molar-refractivity contribution in [2.24, 2.45) is 0 Å². The highest BCUT2D eigenvalue weighted by atomic mass is 16.6. The van der Waals surface area contributed by atoms with Gasteiger partial charge in [-0.1, -0.05) is 11.8 Å². The molecule has 80 valence electrons. The summed E-state index contributed by atoms with van der Waals surface area (Å²) in [7, 11) is 0. The van der Waals surface area contributed by atoms with E-state index in [2.05, 4.69) is 21.3 Å². The number of hydrogen-bond acceptors (Lipinski definition) is 4. The Kier molecular flexibility index (Phi) is 5.66. The molecule has 0 aliphatic heterocycles. The van der Waals surface area contributed by atoms with E-state index in [-0.39, 0.29) is 0 Å². The standard InChI is InChI=1S/C11H12O4/c1-5-8(3)14-10(12)7-11(13)15-9(4)6-2/h1-2,8-9H,7H2,3-4H3. The largest absolute Gasteiger partial charge is 0.449 e. The molecule has 4 heteroatoms. The van der Waals surface area contributed by atoms with Crippen LogP contribution in [0.1, 0.15) is 20.3 Å². The molecule has 0 fully saturated rings. The average Bonchev–Trinajstić information content (AvgIpc) is 2.16. The zero-order chi connectivity index (χ0) is 11.8. The van der Waals surface area contributed by atoms with Crippen LogP contribution in [-0.2, 0) is 19.1 Å². The SMILES string of the molecule is C#CC(C)OC(=O)CC(=O)OC(C)C#C. The molecule has 2 unspecified atom stereocenters. The molecule has 15 heavy (non-hydrogen) atoms. The Balaban J connectivity index is 3.94. The van der Waals surface area contributed by atoms with Crippen LogP contribution in [0.15, 0.2) is 0 Å². The van der Waals surface area contributed by atoms with E-state index in [1.54, 1.807) is 0 Å². The van der Waals surface area contributed by atoms with E-state index in [0.717, 1.165) is 0 Å². The second-order valence-corrected chi connectivity index (χ2v) is 2.77. The van der Waals surface area contributed by atoms with Crippen LogP contribution in [0.25, 0.3) is 0 Å². The van der Waals surface area contributed by atoms with Crippen molar-refractivity contribution in [1.29, 1.82) is 0 Å². The van der Waals surface area contributed by atoms with Gasteiger partial charge in [0.2, 0.25) is 0 Å². The van der Waals surface area contributed by atoms with Gasteiger partial charge in [0.15, 0.2) is 12.2 Å². The Bertz CT molecular complexity index is 286. The lowest BCUT2D eigenvalue weighted by atomic mass is 10.4. The monoisotopic (exact) mass is 208 g/mol. The summed E-state index contributed by atoms with van der Waals surface area (Å²) in [5.41, 5.74) is 0. The molecule has 4 nitrogen and oxygen atoms in total. The highest BCUT2D eigenvalue weighted by molar-refractivity contribution is 5.91. The summed E-state index contributed by atoms with van der Waals surface area (Å²) < 4.78 is 9.32. The maximum absolute atomic E-state index is 11.0. The normalized spacial score (nSPS) is 12.8. The summed E-state index contributed by atoms with van der Waals surface area (Å²) in [6.45, 7) is 3.04. The maximum atomic E-state index is 11.0. The van der Waals surface area contributed by atoms with Crippen molar-refractivity contribution in [2.75, 3.05) is 0 Å². The molecular formula is C11H12O4. The number of carbonyl (C=O) groups excluding carboxylic acids is 2. The van der Waals surface area contributed by atoms with Crippen LogP contribution >= 0.6 is 0 Å². The third kappa shape index (κ3) is 6.17. The summed E-state index contributed by atoms with van der Waals surface area (Å²) >= 11 is 0. The van der Waals surface area contributed by atoms with Crippen molar-refractivity contribution in [3.05, 3.63) is 0 Å². The Labute approximate surface area is 88.9 Å². The second-order valence-electron chi connectivity index (χ2n) is 2.77. The minimum Gasteiger partial charge on any atom is -0.449 e. The van der Waals surface area contributed by atoms with E-state index in [9.17, 15) is 9.59 Å². The van der Waals surface area contributed by atoms with Crippen LogP contribution in [0.4, 0.5) is 0 Å². The Morgan fingerprint density at radius 2 is 1.40 bits per heavy atom. The fourth-order valence-corrected chi connectivity index (χ4v) is 0.664. The lowest BCUT2D eigenvalue weighted by Gasteiger charge is -2.08. The van der Waals surface area contributed by atoms with Crippen LogP contribution in [-0.4, -0.2) is 24.1 Å². The molecule has 0 aliphatic carbocycles. The molecule has 0 saturated heterocycles. The molecular weight excluding hydrogens is 196 g/mol. The first-order valence-electron chi connectivity index (χ1n) is 4.30. The molecule has 0 aromatic rings. The first-order valence-corrected chi connectivity index (χ1v) is 4.30. The topological polar surface area (TPSA) is 52.6 Å². The van der Waals surface area contributed by atoms with Crippen molar-refractivity contribution >= 4 is 11.9 Å². The summed E-state index contributed by atoms with van der Waals surface area (Å²) in [4.78, 5) is 22.0. The number of hydrogen-bond donors (Lipinski definition) is 0. The first-order chi connectivity index (χ1) is 6.99. The van der Waals surface area contributed by atoms with Gasteiger partial charge in [0.1, 0.15) is 6.42 Å². The van der Waals surface area contributed by atoms with Gasteiger partial charge in [0.05, 0.1) is 0 Å². The number of ether oxygens (including phenoxy) is 2. The predicted molar refractivity (Wildman–Crippen MR) is 53.4 cm³/mol. The van der Waals surface area contributed by atoms with Gasteiger partial charge in [-0.15, -0.1) is 12.8 Å². The number of carbonyl (C=O) groups is 2. The molecule has 0 heterocycles. The van der Waals surface area contributed by atoms with Crippen molar-refractivity contribution < 1.29 is 19.1 Å². The van der Waals surface area contributed by atoms with Crippen molar-refractivity contribution in [2.45, 2.75) is 32.5 Å². The Hall–Kier alpha value is -1.94. The van der Waals surface area contributed by atoms with Crippen molar-refractivity contribution in [1.82, 2.24) is 0 Å². The van der Waals surface area contributed by atoms with Gasteiger partial charge in [0, 0.05) is 0 Å². The molecule has 2 atom stereocenters. The minimum atomic E-state index is -0.727. The summed E-state index contributed by atoms with van der Waals surface area (Å²) in [6.07, 6.45) is 8.16. The van der Waals surface area contributed by atoms with Gasteiger partial charge in [-0.3, -0.25) is 9.59 Å². The number of rotatable bonds is 4. The maximum Gasteiger partial charge on any atom is 0.318 e. The quantitative estimate of drug-likeness (QED) is 0.383. The third-order valence-electron chi connectivity index (χ3n) is 1.37. The van der Waals surface area contributed by atoms with E-state index in [4.69, 9.17) is 12.8 Å². The van der Waals surface area contributed by atoms with E-state index in [0.29, 0.717) is 0 Å². The lowest BCUT2D eigenvalue weighted by Crippen LogP contribution is -2.20. The van der Waals surface area contributed by atoms with Gasteiger partial charge in [0.25, 0.3) is 0 Å². The van der Waals surface area contributed by atoms with Gasteiger partial charge < -0.3 is 9.47 Å². The third-order valence-corrected chi connectivity index (χ3v) is 1.37. The molecule has 0 N–H and O–H groups in total. The molecule has 0 saturated carbocycles. The van der Waals surface area contributed by atoms with Crippen LogP contribution in [0, 0.1) is 24.7 Å².